The minimum Gasteiger partial charge on any atom is -0.477 e. The number of halogens is 2. The number of benzene rings is 1. The predicted octanol–water partition coefficient (Wildman–Crippen LogP) is 2.90. The normalized spacial score (nSPS) is 10.4. The van der Waals surface area contributed by atoms with Crippen molar-refractivity contribution in [1.29, 1.82) is 0 Å². The molecule has 0 aliphatic heterocycles. The second-order valence-electron chi connectivity index (χ2n) is 3.94. The van der Waals surface area contributed by atoms with Crippen LogP contribution in [0.3, 0.4) is 0 Å². The fraction of sp³-hybridized carbons (Fsp3) is 0.0769. The molecule has 0 atom stereocenters. The van der Waals surface area contributed by atoms with E-state index in [0.717, 1.165) is 5.56 Å². The van der Waals surface area contributed by atoms with Crippen LogP contribution in [0.2, 0.25) is 10.0 Å². The maximum atomic E-state index is 11.3. The van der Waals surface area contributed by atoms with E-state index in [-0.39, 0.29) is 5.56 Å². The third kappa shape index (κ3) is 3.16. The summed E-state index contributed by atoms with van der Waals surface area (Å²) >= 11 is 11.8. The van der Waals surface area contributed by atoms with Crippen molar-refractivity contribution in [3.63, 3.8) is 0 Å². The fourth-order valence-corrected chi connectivity index (χ4v) is 2.10. The van der Waals surface area contributed by atoms with Gasteiger partial charge in [0.05, 0.1) is 0 Å². The van der Waals surface area contributed by atoms with Crippen LogP contribution in [0.4, 0.5) is 0 Å². The van der Waals surface area contributed by atoms with Gasteiger partial charge in [0.25, 0.3) is 0 Å². The molecule has 2 aromatic rings. The molecule has 0 saturated heterocycles. The van der Waals surface area contributed by atoms with Crippen LogP contribution < -0.4 is 5.43 Å². The summed E-state index contributed by atoms with van der Waals surface area (Å²) in [6.07, 6.45) is 2.80. The van der Waals surface area contributed by atoms with Gasteiger partial charge >= 0.3 is 5.97 Å². The van der Waals surface area contributed by atoms with Gasteiger partial charge in [-0.3, -0.25) is 4.79 Å². The Hall–Kier alpha value is -1.78. The van der Waals surface area contributed by atoms with Crippen LogP contribution in [-0.2, 0) is 6.54 Å². The van der Waals surface area contributed by atoms with Gasteiger partial charge in [0, 0.05) is 35.1 Å². The molecule has 0 aliphatic carbocycles. The second-order valence-corrected chi connectivity index (χ2v) is 4.78. The van der Waals surface area contributed by atoms with E-state index in [9.17, 15) is 9.59 Å². The number of hydrogen-bond donors (Lipinski definition) is 1. The summed E-state index contributed by atoms with van der Waals surface area (Å²) in [4.78, 5) is 22.2. The zero-order valence-electron chi connectivity index (χ0n) is 9.64. The molecule has 1 aromatic heterocycles. The van der Waals surface area contributed by atoms with Gasteiger partial charge in [-0.25, -0.2) is 4.79 Å². The van der Waals surface area contributed by atoms with Crippen molar-refractivity contribution >= 4 is 29.2 Å². The zero-order valence-corrected chi connectivity index (χ0v) is 11.1. The molecule has 4 nitrogen and oxygen atoms in total. The second kappa shape index (κ2) is 5.47. The monoisotopic (exact) mass is 297 g/mol. The molecule has 1 heterocycles. The zero-order chi connectivity index (χ0) is 14.0. The largest absolute Gasteiger partial charge is 0.477 e. The quantitative estimate of drug-likeness (QED) is 0.947. The van der Waals surface area contributed by atoms with E-state index >= 15 is 0 Å². The van der Waals surface area contributed by atoms with Crippen LogP contribution in [0, 0.1) is 0 Å². The third-order valence-corrected chi connectivity index (χ3v) is 3.16. The maximum Gasteiger partial charge on any atom is 0.341 e. The van der Waals surface area contributed by atoms with Crippen molar-refractivity contribution in [2.45, 2.75) is 6.54 Å². The molecule has 98 valence electrons. The first-order valence-electron chi connectivity index (χ1n) is 5.34. The molecule has 1 aromatic carbocycles. The van der Waals surface area contributed by atoms with Gasteiger partial charge in [-0.15, -0.1) is 0 Å². The molecule has 0 unspecified atom stereocenters. The predicted molar refractivity (Wildman–Crippen MR) is 73.2 cm³/mol. The lowest BCUT2D eigenvalue weighted by atomic mass is 10.2. The molecule has 0 radical (unpaired) electrons. The van der Waals surface area contributed by atoms with Crippen LogP contribution >= 0.6 is 23.2 Å². The number of aromatic carboxylic acids is 1. The highest BCUT2D eigenvalue weighted by Gasteiger charge is 2.09. The highest BCUT2D eigenvalue weighted by molar-refractivity contribution is 6.35. The Morgan fingerprint density at radius 2 is 2.00 bits per heavy atom. The van der Waals surface area contributed by atoms with Crippen LogP contribution in [0.1, 0.15) is 15.9 Å². The number of carboxylic acids is 1. The van der Waals surface area contributed by atoms with Gasteiger partial charge < -0.3 is 9.67 Å². The van der Waals surface area contributed by atoms with Crippen molar-refractivity contribution in [3.05, 3.63) is 68.1 Å². The average molecular weight is 298 g/mol. The van der Waals surface area contributed by atoms with Gasteiger partial charge in [0.1, 0.15) is 5.56 Å². The molecule has 0 spiro atoms. The van der Waals surface area contributed by atoms with E-state index < -0.39 is 11.4 Å². The highest BCUT2D eigenvalue weighted by atomic mass is 35.5. The molecule has 0 aliphatic rings. The Bertz CT molecular complexity index is 695. The number of hydrogen-bond acceptors (Lipinski definition) is 2. The standard InChI is InChI=1S/C13H9Cl2NO3/c14-9-2-1-8(11(15)5-9)6-16-4-3-12(17)10(7-16)13(18)19/h1-5,7H,6H2,(H,18,19). The van der Waals surface area contributed by atoms with Gasteiger partial charge in [0.2, 0.25) is 0 Å². The molecule has 6 heteroatoms. The molecule has 0 bridgehead atoms. The topological polar surface area (TPSA) is 59.3 Å². The first-order chi connectivity index (χ1) is 8.97. The molecule has 0 fully saturated rings. The number of carboxylic acid groups (broad SMARTS) is 1. The fourth-order valence-electron chi connectivity index (χ4n) is 1.63. The molecule has 0 saturated carbocycles. The number of pyridine rings is 1. The van der Waals surface area contributed by atoms with Crippen LogP contribution in [0.15, 0.2) is 41.5 Å². The molecular formula is C13H9Cl2NO3. The summed E-state index contributed by atoms with van der Waals surface area (Å²) in [5.41, 5.74) is -0.00964. The van der Waals surface area contributed by atoms with Gasteiger partial charge in [-0.1, -0.05) is 29.3 Å². The van der Waals surface area contributed by atoms with E-state index in [2.05, 4.69) is 0 Å². The minimum absolute atomic E-state index is 0.271. The summed E-state index contributed by atoms with van der Waals surface area (Å²) in [6, 6.07) is 6.28. The van der Waals surface area contributed by atoms with Crippen molar-refractivity contribution in [2.75, 3.05) is 0 Å². The number of nitrogens with zero attached hydrogens (tertiary/aromatic N) is 1. The van der Waals surface area contributed by atoms with E-state index in [0.29, 0.717) is 16.6 Å². The summed E-state index contributed by atoms with van der Waals surface area (Å²) in [5.74, 6) is -1.25. The minimum atomic E-state index is -1.25. The number of rotatable bonds is 3. The van der Waals surface area contributed by atoms with Gasteiger partial charge in [0.15, 0.2) is 5.43 Å². The van der Waals surface area contributed by atoms with Crippen molar-refractivity contribution in [3.8, 4) is 0 Å². The Morgan fingerprint density at radius 1 is 1.26 bits per heavy atom. The number of aromatic nitrogens is 1. The Kier molecular flexibility index (Phi) is 3.93. The van der Waals surface area contributed by atoms with E-state index in [4.69, 9.17) is 28.3 Å². The smallest absolute Gasteiger partial charge is 0.341 e. The van der Waals surface area contributed by atoms with E-state index in [1.165, 1.54) is 18.5 Å². The van der Waals surface area contributed by atoms with E-state index in [1.807, 2.05) is 0 Å². The Morgan fingerprint density at radius 3 is 2.63 bits per heavy atom. The summed E-state index contributed by atoms with van der Waals surface area (Å²) < 4.78 is 1.58. The van der Waals surface area contributed by atoms with Gasteiger partial charge in [-0.2, -0.15) is 0 Å². The molecule has 19 heavy (non-hydrogen) atoms. The summed E-state index contributed by atoms with van der Waals surface area (Å²) in [6.45, 7) is 0.358. The Balaban J connectivity index is 2.36. The first kappa shape index (κ1) is 13.6. The van der Waals surface area contributed by atoms with Crippen LogP contribution in [0.5, 0.6) is 0 Å². The lowest BCUT2D eigenvalue weighted by Gasteiger charge is -2.09. The molecular weight excluding hydrogens is 289 g/mol. The number of carbonyl (C=O) groups is 1. The van der Waals surface area contributed by atoms with Crippen molar-refractivity contribution in [2.24, 2.45) is 0 Å². The summed E-state index contributed by atoms with van der Waals surface area (Å²) in [5, 5.41) is 9.91. The van der Waals surface area contributed by atoms with Crippen molar-refractivity contribution < 1.29 is 9.90 Å². The first-order valence-corrected chi connectivity index (χ1v) is 6.10. The third-order valence-electron chi connectivity index (χ3n) is 2.58. The van der Waals surface area contributed by atoms with Crippen LogP contribution in [-0.4, -0.2) is 15.6 Å². The highest BCUT2D eigenvalue weighted by Crippen LogP contribution is 2.21. The molecule has 1 N–H and O–H groups in total. The van der Waals surface area contributed by atoms with Crippen molar-refractivity contribution in [1.82, 2.24) is 4.57 Å². The van der Waals surface area contributed by atoms with Crippen LogP contribution in [0.25, 0.3) is 0 Å². The van der Waals surface area contributed by atoms with E-state index in [1.54, 1.807) is 22.8 Å². The lowest BCUT2D eigenvalue weighted by Crippen LogP contribution is -2.16. The lowest BCUT2D eigenvalue weighted by molar-refractivity contribution is 0.0694. The Labute approximate surface area is 118 Å². The van der Waals surface area contributed by atoms with Gasteiger partial charge in [-0.05, 0) is 17.7 Å². The summed E-state index contributed by atoms with van der Waals surface area (Å²) in [7, 11) is 0. The maximum absolute atomic E-state index is 11.3. The SMILES string of the molecule is O=C(O)c1cn(Cc2ccc(Cl)cc2Cl)ccc1=O. The molecule has 0 amide bonds. The average Bonchev–Trinajstić information content (AvgIpc) is 2.34. The molecule has 2 rings (SSSR count).